The van der Waals surface area contributed by atoms with Gasteiger partial charge in [0, 0.05) is 36.6 Å². The molecule has 1 aliphatic heterocycles. The number of hydrogen-bond donors (Lipinski definition) is 2. The van der Waals surface area contributed by atoms with E-state index in [1.165, 1.54) is 18.5 Å². The summed E-state index contributed by atoms with van der Waals surface area (Å²) in [5.74, 6) is 5.55. The van der Waals surface area contributed by atoms with Crippen molar-refractivity contribution in [1.82, 2.24) is 9.97 Å². The monoisotopic (exact) mass is 479 g/mol. The number of benzene rings is 2. The number of hydrogen-bond acceptors (Lipinski definition) is 5. The van der Waals surface area contributed by atoms with E-state index in [0.717, 1.165) is 50.0 Å². The Morgan fingerprint density at radius 2 is 1.74 bits per heavy atom. The van der Waals surface area contributed by atoms with Crippen molar-refractivity contribution < 1.29 is 18.0 Å². The van der Waals surface area contributed by atoms with Crippen molar-refractivity contribution in [3.8, 4) is 11.8 Å². The maximum absolute atomic E-state index is 13.4. The summed E-state index contributed by atoms with van der Waals surface area (Å²) in [4.78, 5) is 22.9. The molecule has 0 bridgehead atoms. The van der Waals surface area contributed by atoms with Crippen LogP contribution in [-0.4, -0.2) is 29.0 Å². The van der Waals surface area contributed by atoms with Gasteiger partial charge >= 0.3 is 6.18 Å². The SMILES string of the molecule is Cc1ccc(C(=O)Nc2cc(C(F)(F)F)ccc2N2CCCCC2)cc1C#Cc1cnc(N)nc1. The molecule has 2 heterocycles. The smallest absolute Gasteiger partial charge is 0.370 e. The molecule has 3 N–H and O–H groups in total. The Kier molecular flexibility index (Phi) is 6.92. The van der Waals surface area contributed by atoms with Crippen LogP contribution in [0.2, 0.25) is 0 Å². The van der Waals surface area contributed by atoms with Gasteiger partial charge in [-0.25, -0.2) is 9.97 Å². The first kappa shape index (κ1) is 24.1. The molecule has 35 heavy (non-hydrogen) atoms. The fraction of sp³-hybridized carbons (Fsp3) is 0.269. The first-order valence-corrected chi connectivity index (χ1v) is 11.2. The van der Waals surface area contributed by atoms with Crippen LogP contribution in [0.15, 0.2) is 48.8 Å². The molecule has 0 radical (unpaired) electrons. The van der Waals surface area contributed by atoms with Gasteiger partial charge in [-0.3, -0.25) is 4.79 Å². The zero-order valence-corrected chi connectivity index (χ0v) is 19.1. The number of halogens is 3. The van der Waals surface area contributed by atoms with E-state index >= 15 is 0 Å². The molecule has 2 aromatic carbocycles. The highest BCUT2D eigenvalue weighted by molar-refractivity contribution is 6.06. The predicted molar refractivity (Wildman–Crippen MR) is 129 cm³/mol. The minimum Gasteiger partial charge on any atom is -0.370 e. The Morgan fingerprint density at radius 3 is 2.43 bits per heavy atom. The number of piperidine rings is 1. The number of amides is 1. The highest BCUT2D eigenvalue weighted by atomic mass is 19.4. The van der Waals surface area contributed by atoms with Crippen molar-refractivity contribution >= 4 is 23.2 Å². The average Bonchev–Trinajstić information content (AvgIpc) is 2.84. The van der Waals surface area contributed by atoms with E-state index in [9.17, 15) is 18.0 Å². The second kappa shape index (κ2) is 10.1. The lowest BCUT2D eigenvalue weighted by Crippen LogP contribution is -2.30. The number of nitrogens with two attached hydrogens (primary N) is 1. The van der Waals surface area contributed by atoms with Crippen molar-refractivity contribution in [2.45, 2.75) is 32.4 Å². The lowest BCUT2D eigenvalue weighted by atomic mass is 10.0. The molecule has 1 aromatic heterocycles. The van der Waals surface area contributed by atoms with Crippen LogP contribution < -0.4 is 16.0 Å². The summed E-state index contributed by atoms with van der Waals surface area (Å²) < 4.78 is 40.2. The summed E-state index contributed by atoms with van der Waals surface area (Å²) >= 11 is 0. The van der Waals surface area contributed by atoms with Crippen LogP contribution in [0.25, 0.3) is 0 Å². The number of nitrogens with one attached hydrogen (secondary N) is 1. The molecule has 6 nitrogen and oxygen atoms in total. The molecular weight excluding hydrogens is 455 g/mol. The van der Waals surface area contributed by atoms with Crippen molar-refractivity contribution in [1.29, 1.82) is 0 Å². The molecule has 0 aliphatic carbocycles. The summed E-state index contributed by atoms with van der Waals surface area (Å²) in [7, 11) is 0. The molecule has 0 saturated carbocycles. The third-order valence-electron chi connectivity index (χ3n) is 5.78. The van der Waals surface area contributed by atoms with Gasteiger partial charge in [0.1, 0.15) is 0 Å². The van der Waals surface area contributed by atoms with Gasteiger partial charge in [0.25, 0.3) is 5.91 Å². The number of anilines is 3. The molecule has 9 heteroatoms. The first-order valence-electron chi connectivity index (χ1n) is 11.2. The Bertz CT molecular complexity index is 1290. The maximum atomic E-state index is 13.4. The van der Waals surface area contributed by atoms with Crippen LogP contribution in [0.1, 0.15) is 51.9 Å². The maximum Gasteiger partial charge on any atom is 0.416 e. The Balaban J connectivity index is 1.63. The molecule has 0 spiro atoms. The predicted octanol–water partition coefficient (Wildman–Crippen LogP) is 5.03. The van der Waals surface area contributed by atoms with E-state index in [1.807, 2.05) is 11.8 Å². The minimum absolute atomic E-state index is 0.138. The summed E-state index contributed by atoms with van der Waals surface area (Å²) in [6.07, 6.45) is 1.46. The van der Waals surface area contributed by atoms with Crippen molar-refractivity contribution in [3.63, 3.8) is 0 Å². The molecule has 1 aliphatic rings. The standard InChI is InChI=1S/C26H24F3N5O/c1-17-5-7-20(13-19(17)8-6-18-15-31-25(30)32-16-18)24(35)33-22-14-21(26(27,28)29)9-10-23(22)34-11-3-2-4-12-34/h5,7,9-10,13-16H,2-4,11-12H2,1H3,(H,33,35)(H2,30,31,32). The number of aromatic nitrogens is 2. The van der Waals surface area contributed by atoms with E-state index in [-0.39, 0.29) is 17.2 Å². The number of nitrogens with zero attached hydrogens (tertiary/aromatic N) is 3. The molecule has 1 saturated heterocycles. The number of rotatable bonds is 3. The third kappa shape index (κ3) is 5.90. The van der Waals surface area contributed by atoms with Crippen molar-refractivity contribution in [2.75, 3.05) is 29.0 Å². The van der Waals surface area contributed by atoms with Gasteiger partial charge in [-0.1, -0.05) is 17.9 Å². The lowest BCUT2D eigenvalue weighted by Gasteiger charge is -2.31. The number of carbonyl (C=O) groups excluding carboxylic acids is 1. The second-order valence-electron chi connectivity index (χ2n) is 8.34. The molecule has 4 rings (SSSR count). The Labute approximate surface area is 201 Å². The molecule has 0 unspecified atom stereocenters. The summed E-state index contributed by atoms with van der Waals surface area (Å²) in [6, 6.07) is 8.47. The van der Waals surface area contributed by atoms with E-state index in [4.69, 9.17) is 5.73 Å². The zero-order valence-electron chi connectivity index (χ0n) is 19.1. The van der Waals surface area contributed by atoms with Gasteiger partial charge in [0.05, 0.1) is 22.5 Å². The van der Waals surface area contributed by atoms with E-state index in [1.54, 1.807) is 18.2 Å². The zero-order chi connectivity index (χ0) is 25.0. The molecule has 1 amide bonds. The largest absolute Gasteiger partial charge is 0.416 e. The van der Waals surface area contributed by atoms with Gasteiger partial charge in [-0.15, -0.1) is 0 Å². The van der Waals surface area contributed by atoms with Crippen LogP contribution in [0.4, 0.5) is 30.5 Å². The second-order valence-corrected chi connectivity index (χ2v) is 8.34. The fourth-order valence-electron chi connectivity index (χ4n) is 3.86. The van der Waals surface area contributed by atoms with E-state index in [2.05, 4.69) is 27.1 Å². The molecule has 3 aromatic rings. The number of alkyl halides is 3. The van der Waals surface area contributed by atoms with Crippen molar-refractivity contribution in [2.24, 2.45) is 0 Å². The highest BCUT2D eigenvalue weighted by Gasteiger charge is 2.32. The molecule has 0 atom stereocenters. The quantitative estimate of drug-likeness (QED) is 0.515. The minimum atomic E-state index is -4.52. The fourth-order valence-corrected chi connectivity index (χ4v) is 3.86. The van der Waals surface area contributed by atoms with E-state index < -0.39 is 17.6 Å². The van der Waals surface area contributed by atoms with Crippen LogP contribution >= 0.6 is 0 Å². The Hall–Kier alpha value is -4.06. The highest BCUT2D eigenvalue weighted by Crippen LogP contribution is 2.36. The number of aryl methyl sites for hydroxylation is 1. The van der Waals surface area contributed by atoms with Crippen LogP contribution in [0.3, 0.4) is 0 Å². The molecular formula is C26H24F3N5O. The summed E-state index contributed by atoms with van der Waals surface area (Å²) in [5, 5.41) is 2.70. The molecule has 1 fully saturated rings. The van der Waals surface area contributed by atoms with Crippen LogP contribution in [0.5, 0.6) is 0 Å². The van der Waals surface area contributed by atoms with Gasteiger partial charge in [0.15, 0.2) is 0 Å². The van der Waals surface area contributed by atoms with Crippen LogP contribution in [0, 0.1) is 18.8 Å². The topological polar surface area (TPSA) is 84.1 Å². The summed E-state index contributed by atoms with van der Waals surface area (Å²) in [5.41, 5.74) is 7.70. The summed E-state index contributed by atoms with van der Waals surface area (Å²) in [6.45, 7) is 3.31. The van der Waals surface area contributed by atoms with Gasteiger partial charge in [-0.2, -0.15) is 13.2 Å². The molecule has 180 valence electrons. The number of nitrogen functional groups attached to an aromatic ring is 1. The van der Waals surface area contributed by atoms with Gasteiger partial charge < -0.3 is 16.0 Å². The first-order chi connectivity index (χ1) is 16.7. The third-order valence-corrected chi connectivity index (χ3v) is 5.78. The van der Waals surface area contributed by atoms with Crippen molar-refractivity contribution in [3.05, 3.63) is 76.6 Å². The lowest BCUT2D eigenvalue weighted by molar-refractivity contribution is -0.137. The van der Waals surface area contributed by atoms with Crippen LogP contribution in [-0.2, 0) is 6.18 Å². The van der Waals surface area contributed by atoms with E-state index in [0.29, 0.717) is 16.8 Å². The normalized spacial score (nSPS) is 13.7. The average molecular weight is 480 g/mol. The van der Waals surface area contributed by atoms with Gasteiger partial charge in [0.2, 0.25) is 5.95 Å². The Morgan fingerprint density at radius 1 is 1.03 bits per heavy atom. The number of carbonyl (C=O) groups is 1. The van der Waals surface area contributed by atoms with Gasteiger partial charge in [-0.05, 0) is 62.1 Å².